The Morgan fingerprint density at radius 2 is 1.67 bits per heavy atom. The predicted octanol–water partition coefficient (Wildman–Crippen LogP) is 4.05. The van der Waals surface area contributed by atoms with Crippen LogP contribution in [0.2, 0.25) is 0 Å². The third kappa shape index (κ3) is 2.38. The van der Waals surface area contributed by atoms with Crippen molar-refractivity contribution in [2.24, 2.45) is 0 Å². The lowest BCUT2D eigenvalue weighted by molar-refractivity contribution is 0.579. The fourth-order valence-corrected chi connectivity index (χ4v) is 1.22. The molecule has 0 aliphatic rings. The number of halogens is 4. The maximum absolute atomic E-state index is 12.9. The summed E-state index contributed by atoms with van der Waals surface area (Å²) >= 11 is 6.05. The van der Waals surface area contributed by atoms with Gasteiger partial charge in [0.1, 0.15) is 11.6 Å². The quantitative estimate of drug-likeness (QED) is 0.733. The van der Waals surface area contributed by atoms with Gasteiger partial charge in [0.05, 0.1) is 3.39 Å². The second kappa shape index (κ2) is 4.14. The van der Waals surface area contributed by atoms with Crippen LogP contribution in [0.25, 0.3) is 6.08 Å². The molecule has 0 saturated heterocycles. The molecule has 1 aromatic carbocycles. The van der Waals surface area contributed by atoms with Crippen molar-refractivity contribution in [2.45, 2.75) is 0 Å². The zero-order valence-electron chi connectivity index (χ0n) is 5.82. The van der Waals surface area contributed by atoms with Crippen molar-refractivity contribution in [3.05, 3.63) is 38.8 Å². The van der Waals surface area contributed by atoms with Crippen molar-refractivity contribution in [3.63, 3.8) is 0 Å². The molecule has 1 aromatic rings. The van der Waals surface area contributed by atoms with E-state index in [0.717, 1.165) is 0 Å². The molecule has 0 radical (unpaired) electrons. The molecule has 0 saturated carbocycles. The number of benzene rings is 1. The highest BCUT2D eigenvalue weighted by molar-refractivity contribution is 9.28. The van der Waals surface area contributed by atoms with E-state index < -0.39 is 11.6 Å². The van der Waals surface area contributed by atoms with Gasteiger partial charge in [-0.05, 0) is 50.1 Å². The Labute approximate surface area is 85.5 Å². The molecule has 0 amide bonds. The highest BCUT2D eigenvalue weighted by atomic mass is 79.9. The van der Waals surface area contributed by atoms with Crippen LogP contribution < -0.4 is 0 Å². The molecule has 0 heterocycles. The summed E-state index contributed by atoms with van der Waals surface area (Å²) in [5.41, 5.74) is -0.0544. The summed E-state index contributed by atoms with van der Waals surface area (Å²) in [4.78, 5) is 0. The lowest BCUT2D eigenvalue weighted by Crippen LogP contribution is -1.86. The van der Waals surface area contributed by atoms with E-state index in [4.69, 9.17) is 0 Å². The fourth-order valence-electron chi connectivity index (χ4n) is 0.758. The molecule has 12 heavy (non-hydrogen) atoms. The molecule has 0 bridgehead atoms. The van der Waals surface area contributed by atoms with Crippen LogP contribution in [0.3, 0.4) is 0 Å². The molecule has 0 aliphatic heterocycles. The molecule has 0 atom stereocenters. The van der Waals surface area contributed by atoms with Crippen LogP contribution in [0.15, 0.2) is 21.6 Å². The van der Waals surface area contributed by atoms with Crippen LogP contribution in [-0.4, -0.2) is 0 Å². The smallest absolute Gasteiger partial charge is 0.133 e. The first kappa shape index (κ1) is 9.86. The zero-order chi connectivity index (χ0) is 9.14. The maximum Gasteiger partial charge on any atom is 0.133 e. The minimum absolute atomic E-state index is 0.0544. The monoisotopic (exact) mass is 296 g/mol. The van der Waals surface area contributed by atoms with Crippen LogP contribution in [0.1, 0.15) is 5.56 Å². The summed E-state index contributed by atoms with van der Waals surface area (Å²) in [6, 6.07) is 3.74. The van der Waals surface area contributed by atoms with Gasteiger partial charge >= 0.3 is 0 Å². The minimum atomic E-state index is -0.577. The van der Waals surface area contributed by atoms with Gasteiger partial charge in [-0.15, -0.1) is 0 Å². The second-order valence-corrected chi connectivity index (χ2v) is 4.84. The summed E-state index contributed by atoms with van der Waals surface area (Å²) in [7, 11) is 0. The van der Waals surface area contributed by atoms with Crippen molar-refractivity contribution in [2.75, 3.05) is 0 Å². The molecule has 0 N–H and O–H groups in total. The Balaban J connectivity index is 3.22. The van der Waals surface area contributed by atoms with Gasteiger partial charge < -0.3 is 0 Å². The molecule has 0 aliphatic carbocycles. The van der Waals surface area contributed by atoms with Gasteiger partial charge in [0.15, 0.2) is 0 Å². The van der Waals surface area contributed by atoms with Gasteiger partial charge in [-0.1, -0.05) is 6.07 Å². The molecule has 4 heteroatoms. The Morgan fingerprint density at radius 1 is 1.17 bits per heavy atom. The van der Waals surface area contributed by atoms with Crippen molar-refractivity contribution >= 4 is 37.9 Å². The normalized spacial score (nSPS) is 9.67. The van der Waals surface area contributed by atoms with E-state index in [1.165, 1.54) is 24.3 Å². The van der Waals surface area contributed by atoms with Gasteiger partial charge in [0.25, 0.3) is 0 Å². The topological polar surface area (TPSA) is 0 Å². The number of hydrogen-bond acceptors (Lipinski definition) is 0. The van der Waals surface area contributed by atoms with Crippen LogP contribution in [-0.2, 0) is 0 Å². The molecule has 1 rings (SSSR count). The fraction of sp³-hybridized carbons (Fsp3) is 0. The predicted molar refractivity (Wildman–Crippen MR) is 52.2 cm³/mol. The molecule has 0 unspecified atom stereocenters. The third-order valence-corrected chi connectivity index (χ3v) is 1.71. The van der Waals surface area contributed by atoms with Crippen molar-refractivity contribution in [1.29, 1.82) is 0 Å². The average molecular weight is 298 g/mol. The van der Waals surface area contributed by atoms with Gasteiger partial charge in [-0.25, -0.2) is 8.78 Å². The summed E-state index contributed by atoms with van der Waals surface area (Å²) in [6.07, 6.45) is 1.32. The molecule has 0 fully saturated rings. The van der Waals surface area contributed by atoms with Crippen molar-refractivity contribution in [1.82, 2.24) is 0 Å². The highest BCUT2D eigenvalue weighted by Gasteiger charge is 2.04. The standard InChI is InChI=1S/C8H4Br2F2/c9-8(10)4-5-6(11)2-1-3-7(5)12/h1-4H. The van der Waals surface area contributed by atoms with E-state index in [0.29, 0.717) is 3.39 Å². The average Bonchev–Trinajstić information content (AvgIpc) is 1.97. The van der Waals surface area contributed by atoms with E-state index >= 15 is 0 Å². The molecule has 0 aromatic heterocycles. The van der Waals surface area contributed by atoms with Gasteiger partial charge in [-0.2, -0.15) is 0 Å². The first-order valence-corrected chi connectivity index (χ1v) is 4.66. The minimum Gasteiger partial charge on any atom is -0.206 e. The number of hydrogen-bond donors (Lipinski definition) is 0. The Kier molecular flexibility index (Phi) is 3.40. The molecule has 64 valence electrons. The van der Waals surface area contributed by atoms with E-state index in [1.54, 1.807) is 0 Å². The van der Waals surface area contributed by atoms with Crippen LogP contribution >= 0.6 is 31.9 Å². The Hall–Kier alpha value is -0.220. The highest BCUT2D eigenvalue weighted by Crippen LogP contribution is 2.21. The van der Waals surface area contributed by atoms with E-state index in [-0.39, 0.29) is 5.56 Å². The lowest BCUT2D eigenvalue weighted by atomic mass is 10.2. The summed E-state index contributed by atoms with van der Waals surface area (Å²) in [5.74, 6) is -1.15. The largest absolute Gasteiger partial charge is 0.206 e. The van der Waals surface area contributed by atoms with Gasteiger partial charge in [-0.3, -0.25) is 0 Å². The molecule has 0 spiro atoms. The molecule has 0 nitrogen and oxygen atoms in total. The maximum atomic E-state index is 12.9. The van der Waals surface area contributed by atoms with E-state index in [2.05, 4.69) is 31.9 Å². The third-order valence-electron chi connectivity index (χ3n) is 1.25. The van der Waals surface area contributed by atoms with Gasteiger partial charge in [0, 0.05) is 5.56 Å². The van der Waals surface area contributed by atoms with E-state index in [9.17, 15) is 8.78 Å². The Bertz CT molecular complexity index is 297. The van der Waals surface area contributed by atoms with Crippen molar-refractivity contribution in [3.8, 4) is 0 Å². The molecular formula is C8H4Br2F2. The first-order valence-electron chi connectivity index (χ1n) is 3.08. The van der Waals surface area contributed by atoms with E-state index in [1.807, 2.05) is 0 Å². The van der Waals surface area contributed by atoms with Crippen LogP contribution in [0, 0.1) is 11.6 Å². The van der Waals surface area contributed by atoms with Crippen LogP contribution in [0.4, 0.5) is 8.78 Å². The molecular weight excluding hydrogens is 294 g/mol. The summed E-state index contributed by atoms with van der Waals surface area (Å²) < 4.78 is 26.3. The van der Waals surface area contributed by atoms with Crippen LogP contribution in [0.5, 0.6) is 0 Å². The zero-order valence-corrected chi connectivity index (χ0v) is 8.99. The summed E-state index contributed by atoms with van der Waals surface area (Å²) in [5, 5.41) is 0. The van der Waals surface area contributed by atoms with Gasteiger partial charge in [0.2, 0.25) is 0 Å². The summed E-state index contributed by atoms with van der Waals surface area (Å²) in [6.45, 7) is 0. The lowest BCUT2D eigenvalue weighted by Gasteiger charge is -1.97. The number of rotatable bonds is 1. The second-order valence-electron chi connectivity index (χ2n) is 2.07. The first-order chi connectivity index (χ1) is 5.61. The SMILES string of the molecule is Fc1cccc(F)c1C=C(Br)Br. The van der Waals surface area contributed by atoms with Crippen molar-refractivity contribution < 1.29 is 8.78 Å². The Morgan fingerprint density at radius 3 is 2.08 bits per heavy atom.